The standard InChI is InChI=1S/C23H25FN2O5S/c1-23(2,28)12-5-13-31-21-20(16-8-10-19(11-9-16)32(3,29)30)15-25-26(22(21)27)18-7-4-6-17(24)14-18/h4,6-11,14-15,28H,5,12-13H2,1-3H3. The Balaban J connectivity index is 2.03. The maximum Gasteiger partial charge on any atom is 0.314 e. The lowest BCUT2D eigenvalue weighted by Crippen LogP contribution is -2.25. The summed E-state index contributed by atoms with van der Waals surface area (Å²) < 4.78 is 44.0. The molecule has 3 aromatic rings. The van der Waals surface area contributed by atoms with E-state index in [1.54, 1.807) is 32.0 Å². The predicted octanol–water partition coefficient (Wildman–Crippen LogP) is 3.37. The molecule has 0 aliphatic rings. The lowest BCUT2D eigenvalue weighted by Gasteiger charge is -2.17. The molecule has 3 rings (SSSR count). The third-order valence-corrected chi connectivity index (χ3v) is 5.89. The van der Waals surface area contributed by atoms with Crippen LogP contribution in [0.1, 0.15) is 26.7 Å². The van der Waals surface area contributed by atoms with Crippen LogP contribution < -0.4 is 10.3 Å². The molecule has 0 aliphatic heterocycles. The molecule has 0 aliphatic carbocycles. The topological polar surface area (TPSA) is 98.5 Å². The van der Waals surface area contributed by atoms with Crippen LogP contribution in [0.3, 0.4) is 0 Å². The quantitative estimate of drug-likeness (QED) is 0.518. The van der Waals surface area contributed by atoms with Gasteiger partial charge in [-0.3, -0.25) is 4.79 Å². The van der Waals surface area contributed by atoms with E-state index in [1.165, 1.54) is 36.5 Å². The van der Waals surface area contributed by atoms with Crippen molar-refractivity contribution in [2.45, 2.75) is 37.2 Å². The van der Waals surface area contributed by atoms with Gasteiger partial charge in [-0.15, -0.1) is 0 Å². The first kappa shape index (κ1) is 23.6. The maximum atomic E-state index is 13.7. The third-order valence-electron chi connectivity index (χ3n) is 4.76. The Labute approximate surface area is 186 Å². The molecule has 170 valence electrons. The molecule has 1 N–H and O–H groups in total. The van der Waals surface area contributed by atoms with Crippen molar-refractivity contribution >= 4 is 9.84 Å². The minimum Gasteiger partial charge on any atom is -0.487 e. The highest BCUT2D eigenvalue weighted by atomic mass is 32.2. The summed E-state index contributed by atoms with van der Waals surface area (Å²) >= 11 is 0. The first-order valence-electron chi connectivity index (χ1n) is 10.00. The molecule has 2 aromatic carbocycles. The van der Waals surface area contributed by atoms with Crippen molar-refractivity contribution in [3.8, 4) is 22.6 Å². The second kappa shape index (κ2) is 9.22. The number of aliphatic hydroxyl groups is 1. The fraction of sp³-hybridized carbons (Fsp3) is 0.304. The molecule has 32 heavy (non-hydrogen) atoms. The first-order valence-corrected chi connectivity index (χ1v) is 11.9. The van der Waals surface area contributed by atoms with Gasteiger partial charge in [-0.2, -0.15) is 9.78 Å². The Hall–Kier alpha value is -3.04. The van der Waals surface area contributed by atoms with E-state index in [4.69, 9.17) is 4.74 Å². The van der Waals surface area contributed by atoms with E-state index >= 15 is 0 Å². The largest absolute Gasteiger partial charge is 0.487 e. The molecule has 0 unspecified atom stereocenters. The van der Waals surface area contributed by atoms with Gasteiger partial charge < -0.3 is 9.84 Å². The Morgan fingerprint density at radius 1 is 1.16 bits per heavy atom. The molecule has 0 saturated carbocycles. The molecular formula is C23H25FN2O5S. The van der Waals surface area contributed by atoms with E-state index in [0.717, 1.165) is 10.9 Å². The summed E-state index contributed by atoms with van der Waals surface area (Å²) in [5.41, 5.74) is -0.274. The Morgan fingerprint density at radius 2 is 1.84 bits per heavy atom. The summed E-state index contributed by atoms with van der Waals surface area (Å²) in [6.07, 6.45) is 3.50. The molecule has 0 radical (unpaired) electrons. The number of halogens is 1. The summed E-state index contributed by atoms with van der Waals surface area (Å²) in [6, 6.07) is 11.5. The van der Waals surface area contributed by atoms with Crippen molar-refractivity contribution in [3.63, 3.8) is 0 Å². The number of aromatic nitrogens is 2. The van der Waals surface area contributed by atoms with Crippen LogP contribution in [-0.2, 0) is 9.84 Å². The number of sulfone groups is 1. The number of hydrogen-bond donors (Lipinski definition) is 1. The second-order valence-electron chi connectivity index (χ2n) is 8.15. The summed E-state index contributed by atoms with van der Waals surface area (Å²) in [7, 11) is -3.37. The van der Waals surface area contributed by atoms with Crippen LogP contribution in [0.5, 0.6) is 5.75 Å². The van der Waals surface area contributed by atoms with Crippen molar-refractivity contribution < 1.29 is 22.7 Å². The zero-order valence-electron chi connectivity index (χ0n) is 18.1. The van der Waals surface area contributed by atoms with Crippen molar-refractivity contribution in [2.24, 2.45) is 0 Å². The lowest BCUT2D eigenvalue weighted by atomic mass is 10.0. The smallest absolute Gasteiger partial charge is 0.314 e. The summed E-state index contributed by atoms with van der Waals surface area (Å²) in [5, 5.41) is 14.1. The second-order valence-corrected chi connectivity index (χ2v) is 10.2. The van der Waals surface area contributed by atoms with Gasteiger partial charge in [0.2, 0.25) is 0 Å². The number of benzene rings is 2. The highest BCUT2D eigenvalue weighted by Gasteiger charge is 2.18. The van der Waals surface area contributed by atoms with Crippen LogP contribution in [-0.4, -0.2) is 41.8 Å². The van der Waals surface area contributed by atoms with Gasteiger partial charge in [-0.1, -0.05) is 18.2 Å². The van der Waals surface area contributed by atoms with Gasteiger partial charge in [-0.25, -0.2) is 12.8 Å². The average Bonchev–Trinajstić information content (AvgIpc) is 2.70. The predicted molar refractivity (Wildman–Crippen MR) is 119 cm³/mol. The van der Waals surface area contributed by atoms with E-state index < -0.39 is 26.8 Å². The van der Waals surface area contributed by atoms with E-state index in [2.05, 4.69) is 5.10 Å². The fourth-order valence-electron chi connectivity index (χ4n) is 3.14. The van der Waals surface area contributed by atoms with Gasteiger partial charge in [0, 0.05) is 11.8 Å². The van der Waals surface area contributed by atoms with Gasteiger partial charge in [0.15, 0.2) is 15.6 Å². The van der Waals surface area contributed by atoms with Crippen molar-refractivity contribution in [1.29, 1.82) is 0 Å². The lowest BCUT2D eigenvalue weighted by molar-refractivity contribution is 0.0640. The van der Waals surface area contributed by atoms with E-state index in [-0.39, 0.29) is 22.9 Å². The van der Waals surface area contributed by atoms with Crippen LogP contribution >= 0.6 is 0 Å². The van der Waals surface area contributed by atoms with Gasteiger partial charge >= 0.3 is 5.56 Å². The molecule has 0 amide bonds. The first-order chi connectivity index (χ1) is 15.0. The van der Waals surface area contributed by atoms with Crippen LogP contribution in [0.4, 0.5) is 4.39 Å². The monoisotopic (exact) mass is 460 g/mol. The van der Waals surface area contributed by atoms with Gasteiger partial charge in [0.25, 0.3) is 0 Å². The molecule has 0 spiro atoms. The van der Waals surface area contributed by atoms with Gasteiger partial charge in [-0.05, 0) is 62.6 Å². The number of rotatable bonds is 8. The maximum absolute atomic E-state index is 13.7. The van der Waals surface area contributed by atoms with E-state index in [9.17, 15) is 22.7 Å². The SMILES string of the molecule is CC(C)(O)CCCOc1c(-c2ccc(S(C)(=O)=O)cc2)cnn(-c2cccc(F)c2)c1=O. The molecule has 0 fully saturated rings. The van der Waals surface area contributed by atoms with Crippen molar-refractivity contribution in [3.05, 3.63) is 70.9 Å². The molecule has 0 bridgehead atoms. The van der Waals surface area contributed by atoms with Crippen molar-refractivity contribution in [2.75, 3.05) is 12.9 Å². The van der Waals surface area contributed by atoms with E-state index in [0.29, 0.717) is 24.0 Å². The summed E-state index contributed by atoms with van der Waals surface area (Å²) in [4.78, 5) is 13.3. The average molecular weight is 461 g/mol. The molecular weight excluding hydrogens is 435 g/mol. The van der Waals surface area contributed by atoms with E-state index in [1.807, 2.05) is 0 Å². The van der Waals surface area contributed by atoms with Crippen LogP contribution in [0.25, 0.3) is 16.8 Å². The molecule has 7 nitrogen and oxygen atoms in total. The number of nitrogens with zero attached hydrogens (tertiary/aromatic N) is 2. The van der Waals surface area contributed by atoms with Crippen molar-refractivity contribution in [1.82, 2.24) is 9.78 Å². The normalized spacial score (nSPS) is 12.0. The highest BCUT2D eigenvalue weighted by Crippen LogP contribution is 2.28. The van der Waals surface area contributed by atoms with Crippen LogP contribution in [0.15, 0.2) is 64.4 Å². The molecule has 9 heteroatoms. The minimum atomic E-state index is -3.37. The molecule has 1 aromatic heterocycles. The highest BCUT2D eigenvalue weighted by molar-refractivity contribution is 7.90. The Kier molecular flexibility index (Phi) is 6.80. The van der Waals surface area contributed by atoms with Gasteiger partial charge in [0.05, 0.1) is 29.0 Å². The number of ether oxygens (including phenoxy) is 1. The Morgan fingerprint density at radius 3 is 2.44 bits per heavy atom. The Bertz CT molecular complexity index is 1260. The number of hydrogen-bond acceptors (Lipinski definition) is 6. The molecule has 0 atom stereocenters. The fourth-order valence-corrected chi connectivity index (χ4v) is 3.77. The van der Waals surface area contributed by atoms with Gasteiger partial charge in [0.1, 0.15) is 5.82 Å². The molecule has 0 saturated heterocycles. The zero-order chi connectivity index (χ0) is 23.5. The van der Waals surface area contributed by atoms with Crippen LogP contribution in [0.2, 0.25) is 0 Å². The zero-order valence-corrected chi connectivity index (χ0v) is 18.9. The van der Waals surface area contributed by atoms with Crippen LogP contribution in [0, 0.1) is 5.82 Å². The summed E-state index contributed by atoms with van der Waals surface area (Å²) in [6.45, 7) is 3.54. The third kappa shape index (κ3) is 5.80. The molecule has 1 heterocycles. The summed E-state index contributed by atoms with van der Waals surface area (Å²) in [5.74, 6) is -0.503. The minimum absolute atomic E-state index is 0.00659.